The molecule has 1 heterocycles. The van der Waals surface area contributed by atoms with E-state index in [1.54, 1.807) is 4.68 Å². The Balaban J connectivity index is 2.33. The number of nitrogens with one attached hydrogen (secondary N) is 1. The van der Waals surface area contributed by atoms with Crippen molar-refractivity contribution in [3.8, 4) is 0 Å². The molecule has 1 aromatic rings. The van der Waals surface area contributed by atoms with Gasteiger partial charge in [0.1, 0.15) is 0 Å². The molecule has 0 saturated heterocycles. The van der Waals surface area contributed by atoms with Crippen molar-refractivity contribution in [1.29, 1.82) is 0 Å². The minimum absolute atomic E-state index is 0.182. The Hall–Kier alpha value is -0.870. The molecular weight excluding hydrogens is 166 g/mol. The summed E-state index contributed by atoms with van der Waals surface area (Å²) in [6.45, 7) is 2.95. The van der Waals surface area contributed by atoms with Crippen LogP contribution in [0.5, 0.6) is 0 Å². The molecule has 1 aromatic heterocycles. The Labute approximate surface area is 78.6 Å². The smallest absolute Gasteiger partial charge is 0.0762 e. The van der Waals surface area contributed by atoms with Crippen LogP contribution >= 0.6 is 0 Å². The molecule has 2 N–H and O–H groups in total. The standard InChI is InChI=1S/C9H17N3O/c1-3-8(7-13)10-6-9-4-5-12(2)11-9/h4-5,8,10,13H,3,6-7H2,1-2H3/t8-/m1/s1. The van der Waals surface area contributed by atoms with Gasteiger partial charge in [0.05, 0.1) is 12.3 Å². The molecule has 0 aliphatic carbocycles. The molecule has 74 valence electrons. The van der Waals surface area contributed by atoms with Crippen molar-refractivity contribution in [2.45, 2.75) is 25.9 Å². The summed E-state index contributed by atoms with van der Waals surface area (Å²) >= 11 is 0. The third-order valence-corrected chi connectivity index (χ3v) is 2.05. The van der Waals surface area contributed by atoms with Gasteiger partial charge < -0.3 is 10.4 Å². The van der Waals surface area contributed by atoms with E-state index in [0.29, 0.717) is 0 Å². The van der Waals surface area contributed by atoms with Gasteiger partial charge >= 0.3 is 0 Å². The molecule has 0 saturated carbocycles. The molecule has 1 rings (SSSR count). The molecule has 0 aliphatic rings. The van der Waals surface area contributed by atoms with Crippen molar-refractivity contribution in [1.82, 2.24) is 15.1 Å². The van der Waals surface area contributed by atoms with Crippen LogP contribution in [0.25, 0.3) is 0 Å². The average molecular weight is 183 g/mol. The van der Waals surface area contributed by atoms with Crippen molar-refractivity contribution in [2.75, 3.05) is 6.61 Å². The molecule has 0 amide bonds. The van der Waals surface area contributed by atoms with Gasteiger partial charge in [-0.15, -0.1) is 0 Å². The first-order valence-corrected chi connectivity index (χ1v) is 4.59. The van der Waals surface area contributed by atoms with Gasteiger partial charge in [-0.2, -0.15) is 5.10 Å². The van der Waals surface area contributed by atoms with E-state index in [1.165, 1.54) is 0 Å². The summed E-state index contributed by atoms with van der Waals surface area (Å²) in [4.78, 5) is 0. The van der Waals surface area contributed by atoms with Gasteiger partial charge in [0.25, 0.3) is 0 Å². The van der Waals surface area contributed by atoms with Crippen LogP contribution in [0.3, 0.4) is 0 Å². The van der Waals surface area contributed by atoms with E-state index >= 15 is 0 Å². The molecule has 0 spiro atoms. The maximum absolute atomic E-state index is 8.92. The fourth-order valence-electron chi connectivity index (χ4n) is 1.14. The molecule has 13 heavy (non-hydrogen) atoms. The van der Waals surface area contributed by atoms with Crippen molar-refractivity contribution in [3.63, 3.8) is 0 Å². The van der Waals surface area contributed by atoms with Crippen molar-refractivity contribution < 1.29 is 5.11 Å². The largest absolute Gasteiger partial charge is 0.395 e. The summed E-state index contributed by atoms with van der Waals surface area (Å²) in [7, 11) is 1.90. The predicted molar refractivity (Wildman–Crippen MR) is 51.2 cm³/mol. The van der Waals surface area contributed by atoms with Crippen LogP contribution in [0.2, 0.25) is 0 Å². The fourth-order valence-corrected chi connectivity index (χ4v) is 1.14. The highest BCUT2D eigenvalue weighted by atomic mass is 16.3. The molecule has 4 nitrogen and oxygen atoms in total. The molecule has 4 heteroatoms. The first kappa shape index (κ1) is 10.2. The summed E-state index contributed by atoms with van der Waals surface area (Å²) < 4.78 is 1.77. The maximum Gasteiger partial charge on any atom is 0.0762 e. The maximum atomic E-state index is 8.92. The summed E-state index contributed by atoms with van der Waals surface area (Å²) in [5.74, 6) is 0. The van der Waals surface area contributed by atoms with Gasteiger partial charge in [0.15, 0.2) is 0 Å². The second-order valence-corrected chi connectivity index (χ2v) is 3.15. The zero-order valence-corrected chi connectivity index (χ0v) is 8.20. The SMILES string of the molecule is CC[C@H](CO)NCc1ccn(C)n1. The summed E-state index contributed by atoms with van der Waals surface area (Å²) in [6.07, 6.45) is 2.85. The summed E-state index contributed by atoms with van der Waals surface area (Å²) in [6, 6.07) is 2.15. The quantitative estimate of drug-likeness (QED) is 0.689. The lowest BCUT2D eigenvalue weighted by Crippen LogP contribution is -2.31. The molecule has 0 bridgehead atoms. The van der Waals surface area contributed by atoms with Gasteiger partial charge in [-0.25, -0.2) is 0 Å². The van der Waals surface area contributed by atoms with Crippen LogP contribution in [0.15, 0.2) is 12.3 Å². The van der Waals surface area contributed by atoms with E-state index in [4.69, 9.17) is 5.11 Å². The number of aryl methyl sites for hydroxylation is 1. The van der Waals surface area contributed by atoms with Crippen LogP contribution in [0.1, 0.15) is 19.0 Å². The first-order chi connectivity index (χ1) is 6.26. The third-order valence-electron chi connectivity index (χ3n) is 2.05. The van der Waals surface area contributed by atoms with E-state index < -0.39 is 0 Å². The van der Waals surface area contributed by atoms with Crippen molar-refractivity contribution in [3.05, 3.63) is 18.0 Å². The van der Waals surface area contributed by atoms with E-state index in [0.717, 1.165) is 18.7 Å². The second-order valence-electron chi connectivity index (χ2n) is 3.15. The topological polar surface area (TPSA) is 50.1 Å². The van der Waals surface area contributed by atoms with Crippen LogP contribution < -0.4 is 5.32 Å². The van der Waals surface area contributed by atoms with Crippen molar-refractivity contribution >= 4 is 0 Å². The minimum Gasteiger partial charge on any atom is -0.395 e. The Morgan fingerprint density at radius 1 is 1.69 bits per heavy atom. The highest BCUT2D eigenvalue weighted by molar-refractivity contribution is 4.98. The lowest BCUT2D eigenvalue weighted by molar-refractivity contribution is 0.238. The molecule has 0 unspecified atom stereocenters. The predicted octanol–water partition coefficient (Wildman–Crippen LogP) is 0.281. The number of hydrogen-bond donors (Lipinski definition) is 2. The first-order valence-electron chi connectivity index (χ1n) is 4.59. The van der Waals surface area contributed by atoms with Gasteiger partial charge in [0.2, 0.25) is 0 Å². The zero-order chi connectivity index (χ0) is 9.68. The van der Waals surface area contributed by atoms with Gasteiger partial charge in [-0.3, -0.25) is 4.68 Å². The number of nitrogens with zero attached hydrogens (tertiary/aromatic N) is 2. The van der Waals surface area contributed by atoms with E-state index in [1.807, 2.05) is 26.2 Å². The normalized spacial score (nSPS) is 13.2. The van der Waals surface area contributed by atoms with E-state index in [2.05, 4.69) is 10.4 Å². The Morgan fingerprint density at radius 2 is 2.46 bits per heavy atom. The molecule has 0 radical (unpaired) electrons. The molecule has 0 fully saturated rings. The number of hydrogen-bond acceptors (Lipinski definition) is 3. The molecule has 1 atom stereocenters. The molecular formula is C9H17N3O. The van der Waals surface area contributed by atoms with Crippen LogP contribution in [-0.4, -0.2) is 27.5 Å². The number of aromatic nitrogens is 2. The molecule has 0 aliphatic heterocycles. The summed E-state index contributed by atoms with van der Waals surface area (Å²) in [5.41, 5.74) is 1.01. The number of aliphatic hydroxyl groups excluding tert-OH is 1. The van der Waals surface area contributed by atoms with Crippen molar-refractivity contribution in [2.24, 2.45) is 7.05 Å². The minimum atomic E-state index is 0.182. The second kappa shape index (κ2) is 4.99. The molecule has 0 aromatic carbocycles. The van der Waals surface area contributed by atoms with E-state index in [-0.39, 0.29) is 12.6 Å². The Bertz CT molecular complexity index is 243. The van der Waals surface area contributed by atoms with Crippen LogP contribution in [-0.2, 0) is 13.6 Å². The monoisotopic (exact) mass is 183 g/mol. The van der Waals surface area contributed by atoms with Gasteiger partial charge in [0, 0.05) is 25.8 Å². The lowest BCUT2D eigenvalue weighted by Gasteiger charge is -2.12. The number of aliphatic hydroxyl groups is 1. The fraction of sp³-hybridized carbons (Fsp3) is 0.667. The summed E-state index contributed by atoms with van der Waals surface area (Å²) in [5, 5.41) is 16.4. The highest BCUT2D eigenvalue weighted by Crippen LogP contribution is 1.96. The van der Waals surface area contributed by atoms with Crippen LogP contribution in [0.4, 0.5) is 0 Å². The zero-order valence-electron chi connectivity index (χ0n) is 8.20. The number of rotatable bonds is 5. The van der Waals surface area contributed by atoms with E-state index in [9.17, 15) is 0 Å². The lowest BCUT2D eigenvalue weighted by atomic mass is 10.2. The van der Waals surface area contributed by atoms with Crippen LogP contribution in [0, 0.1) is 0 Å². The Kier molecular flexibility index (Phi) is 3.92. The highest BCUT2D eigenvalue weighted by Gasteiger charge is 2.03. The van der Waals surface area contributed by atoms with Gasteiger partial charge in [-0.05, 0) is 12.5 Å². The Morgan fingerprint density at radius 3 is 2.92 bits per heavy atom. The average Bonchev–Trinajstić information content (AvgIpc) is 2.53. The van der Waals surface area contributed by atoms with Gasteiger partial charge in [-0.1, -0.05) is 6.92 Å². The third kappa shape index (κ3) is 3.16.